The standard InChI is InChI=1S/C19H27N3O3/c1-21-10-15(9-20-21)18-16(5-6-17(23)22(18)2)19(24)25-11-14-8-12-3-4-13(14)7-12/h9-10,12-14,16,18H,3-8,11H2,1-2H3. The smallest absolute Gasteiger partial charge is 0.311 e. The zero-order valence-corrected chi connectivity index (χ0v) is 15.1. The van der Waals surface area contributed by atoms with E-state index in [1.165, 1.54) is 25.7 Å². The number of ether oxygens (including phenoxy) is 1. The van der Waals surface area contributed by atoms with Crippen LogP contribution in [0.1, 0.15) is 50.1 Å². The molecule has 1 saturated heterocycles. The quantitative estimate of drug-likeness (QED) is 0.786. The van der Waals surface area contributed by atoms with Gasteiger partial charge < -0.3 is 9.64 Å². The highest BCUT2D eigenvalue weighted by Crippen LogP contribution is 2.48. The molecule has 1 aromatic heterocycles. The summed E-state index contributed by atoms with van der Waals surface area (Å²) in [5.41, 5.74) is 0.903. The summed E-state index contributed by atoms with van der Waals surface area (Å²) in [5.74, 6) is 1.77. The lowest BCUT2D eigenvalue weighted by Gasteiger charge is -2.37. The third-order valence-corrected chi connectivity index (χ3v) is 6.55. The summed E-state index contributed by atoms with van der Waals surface area (Å²) in [6.45, 7) is 0.550. The first-order chi connectivity index (χ1) is 12.0. The number of aromatic nitrogens is 2. The normalized spacial score (nSPS) is 34.6. The summed E-state index contributed by atoms with van der Waals surface area (Å²) in [6.07, 6.45) is 9.78. The summed E-state index contributed by atoms with van der Waals surface area (Å²) in [4.78, 5) is 26.7. The van der Waals surface area contributed by atoms with Crippen molar-refractivity contribution in [2.75, 3.05) is 13.7 Å². The molecule has 2 aliphatic carbocycles. The monoisotopic (exact) mass is 345 g/mol. The second-order valence-electron chi connectivity index (χ2n) is 8.11. The maximum Gasteiger partial charge on any atom is 0.311 e. The first-order valence-electron chi connectivity index (χ1n) is 9.43. The van der Waals surface area contributed by atoms with Gasteiger partial charge in [0.15, 0.2) is 0 Å². The highest BCUT2D eigenvalue weighted by Gasteiger charge is 2.43. The van der Waals surface area contributed by atoms with Crippen LogP contribution in [0.5, 0.6) is 0 Å². The Balaban J connectivity index is 1.44. The Bertz CT molecular complexity index is 671. The summed E-state index contributed by atoms with van der Waals surface area (Å²) < 4.78 is 7.46. The van der Waals surface area contributed by atoms with Crippen molar-refractivity contribution in [2.45, 2.75) is 44.6 Å². The molecular formula is C19H27N3O3. The fourth-order valence-corrected chi connectivity index (χ4v) is 5.21. The Hall–Kier alpha value is -1.85. The lowest BCUT2D eigenvalue weighted by molar-refractivity contribution is -0.157. The van der Waals surface area contributed by atoms with E-state index in [4.69, 9.17) is 4.74 Å². The van der Waals surface area contributed by atoms with Gasteiger partial charge in [-0.05, 0) is 43.4 Å². The molecule has 2 heterocycles. The topological polar surface area (TPSA) is 64.4 Å². The molecule has 2 saturated carbocycles. The van der Waals surface area contributed by atoms with Crippen LogP contribution in [0.4, 0.5) is 0 Å². The lowest BCUT2D eigenvalue weighted by atomic mass is 9.85. The predicted octanol–water partition coefficient (Wildman–Crippen LogP) is 2.31. The van der Waals surface area contributed by atoms with Crippen LogP contribution in [0.3, 0.4) is 0 Å². The van der Waals surface area contributed by atoms with E-state index in [1.807, 2.05) is 13.2 Å². The van der Waals surface area contributed by atoms with E-state index in [0.29, 0.717) is 25.4 Å². The zero-order chi connectivity index (χ0) is 17.6. The van der Waals surface area contributed by atoms with Crippen molar-refractivity contribution in [3.8, 4) is 0 Å². The third-order valence-electron chi connectivity index (χ3n) is 6.55. The molecule has 5 atom stereocenters. The lowest BCUT2D eigenvalue weighted by Crippen LogP contribution is -2.43. The van der Waals surface area contributed by atoms with Gasteiger partial charge in [0.25, 0.3) is 0 Å². The van der Waals surface area contributed by atoms with Crippen molar-refractivity contribution < 1.29 is 14.3 Å². The van der Waals surface area contributed by atoms with Crippen molar-refractivity contribution in [3.05, 3.63) is 18.0 Å². The third kappa shape index (κ3) is 3.07. The number of fused-ring (bicyclic) bond motifs is 2. The Labute approximate surface area is 148 Å². The van der Waals surface area contributed by atoms with Gasteiger partial charge in [0, 0.05) is 32.3 Å². The van der Waals surface area contributed by atoms with Crippen molar-refractivity contribution in [1.29, 1.82) is 0 Å². The van der Waals surface area contributed by atoms with Crippen LogP contribution in [0.2, 0.25) is 0 Å². The SMILES string of the molecule is CN1C(=O)CCC(C(=O)OCC2CC3CCC2C3)C1c1cnn(C)c1. The van der Waals surface area contributed by atoms with E-state index in [1.54, 1.807) is 22.8 Å². The maximum absolute atomic E-state index is 12.8. The van der Waals surface area contributed by atoms with E-state index in [-0.39, 0.29) is 23.8 Å². The van der Waals surface area contributed by atoms with Gasteiger partial charge in [-0.15, -0.1) is 0 Å². The van der Waals surface area contributed by atoms with E-state index in [2.05, 4.69) is 5.10 Å². The summed E-state index contributed by atoms with van der Waals surface area (Å²) >= 11 is 0. The number of carbonyl (C=O) groups excluding carboxylic acids is 2. The number of likely N-dealkylation sites (tertiary alicyclic amines) is 1. The number of rotatable bonds is 4. The van der Waals surface area contributed by atoms with Crippen molar-refractivity contribution in [3.63, 3.8) is 0 Å². The Morgan fingerprint density at radius 1 is 1.28 bits per heavy atom. The molecular weight excluding hydrogens is 318 g/mol. The average Bonchev–Trinajstić information content (AvgIpc) is 3.31. The molecule has 6 heteroatoms. The molecule has 6 nitrogen and oxygen atoms in total. The molecule has 5 unspecified atom stereocenters. The van der Waals surface area contributed by atoms with Crippen LogP contribution in [-0.2, 0) is 21.4 Å². The minimum Gasteiger partial charge on any atom is -0.465 e. The van der Waals surface area contributed by atoms with Crippen molar-refractivity contribution >= 4 is 11.9 Å². The van der Waals surface area contributed by atoms with E-state index < -0.39 is 0 Å². The molecule has 0 N–H and O–H groups in total. The van der Waals surface area contributed by atoms with Gasteiger partial charge in [-0.3, -0.25) is 14.3 Å². The van der Waals surface area contributed by atoms with E-state index >= 15 is 0 Å². The molecule has 3 aliphatic rings. The fraction of sp³-hybridized carbons (Fsp3) is 0.737. The van der Waals surface area contributed by atoms with Crippen LogP contribution in [-0.4, -0.2) is 40.2 Å². The van der Waals surface area contributed by atoms with Gasteiger partial charge >= 0.3 is 5.97 Å². The van der Waals surface area contributed by atoms with Gasteiger partial charge in [0.1, 0.15) is 0 Å². The van der Waals surface area contributed by atoms with Crippen LogP contribution in [0.25, 0.3) is 0 Å². The molecule has 0 spiro atoms. The number of nitrogens with zero attached hydrogens (tertiary/aromatic N) is 3. The van der Waals surface area contributed by atoms with Crippen LogP contribution < -0.4 is 0 Å². The molecule has 0 radical (unpaired) electrons. The maximum atomic E-state index is 12.8. The molecule has 4 rings (SSSR count). The molecule has 1 amide bonds. The van der Waals surface area contributed by atoms with Crippen LogP contribution >= 0.6 is 0 Å². The molecule has 0 aromatic carbocycles. The number of amides is 1. The summed E-state index contributed by atoms with van der Waals surface area (Å²) in [7, 11) is 3.62. The Morgan fingerprint density at radius 2 is 2.12 bits per heavy atom. The Morgan fingerprint density at radius 3 is 2.76 bits per heavy atom. The second-order valence-corrected chi connectivity index (χ2v) is 8.11. The minimum atomic E-state index is -0.300. The fourth-order valence-electron chi connectivity index (χ4n) is 5.21. The average molecular weight is 345 g/mol. The number of aryl methyl sites for hydroxylation is 1. The van der Waals surface area contributed by atoms with Crippen LogP contribution in [0, 0.1) is 23.7 Å². The van der Waals surface area contributed by atoms with Crippen molar-refractivity contribution in [1.82, 2.24) is 14.7 Å². The van der Waals surface area contributed by atoms with Gasteiger partial charge in [-0.25, -0.2) is 0 Å². The van der Waals surface area contributed by atoms with Crippen LogP contribution in [0.15, 0.2) is 12.4 Å². The van der Waals surface area contributed by atoms with Gasteiger partial charge in [-0.2, -0.15) is 5.10 Å². The summed E-state index contributed by atoms with van der Waals surface area (Å²) in [6, 6.07) is -0.275. The second kappa shape index (κ2) is 6.46. The van der Waals surface area contributed by atoms with Crippen molar-refractivity contribution in [2.24, 2.45) is 30.7 Å². The first kappa shape index (κ1) is 16.6. The number of hydrogen-bond acceptors (Lipinski definition) is 4. The van der Waals surface area contributed by atoms with E-state index in [0.717, 1.165) is 17.4 Å². The number of piperidine rings is 1. The van der Waals surface area contributed by atoms with Gasteiger partial charge in [-0.1, -0.05) is 6.42 Å². The molecule has 136 valence electrons. The minimum absolute atomic E-state index is 0.0750. The molecule has 3 fully saturated rings. The molecule has 1 aliphatic heterocycles. The molecule has 2 bridgehead atoms. The molecule has 25 heavy (non-hydrogen) atoms. The van der Waals surface area contributed by atoms with Gasteiger partial charge in [0.2, 0.25) is 5.91 Å². The number of hydrogen-bond donors (Lipinski definition) is 0. The zero-order valence-electron chi connectivity index (χ0n) is 15.1. The highest BCUT2D eigenvalue weighted by molar-refractivity contribution is 5.82. The molecule has 1 aromatic rings. The number of carbonyl (C=O) groups is 2. The predicted molar refractivity (Wildman–Crippen MR) is 91.3 cm³/mol. The Kier molecular flexibility index (Phi) is 4.29. The van der Waals surface area contributed by atoms with Gasteiger partial charge in [0.05, 0.1) is 24.8 Å². The number of esters is 1. The van der Waals surface area contributed by atoms with E-state index in [9.17, 15) is 9.59 Å². The summed E-state index contributed by atoms with van der Waals surface area (Å²) in [5, 5.41) is 4.21. The highest BCUT2D eigenvalue weighted by atomic mass is 16.5. The largest absolute Gasteiger partial charge is 0.465 e. The first-order valence-corrected chi connectivity index (χ1v) is 9.43.